The number of carboxylic acid groups (broad SMARTS) is 1. The van der Waals surface area contributed by atoms with Crippen LogP contribution in [0.25, 0.3) is 0 Å². The number of aryl methyl sites for hydroxylation is 1. The Balaban J connectivity index is 1.76. The van der Waals surface area contributed by atoms with E-state index in [9.17, 15) is 14.7 Å². The van der Waals surface area contributed by atoms with Gasteiger partial charge in [-0.2, -0.15) is 0 Å². The van der Waals surface area contributed by atoms with Crippen molar-refractivity contribution in [1.82, 2.24) is 9.55 Å². The Morgan fingerprint density at radius 3 is 2.75 bits per heavy atom. The van der Waals surface area contributed by atoms with Crippen molar-refractivity contribution in [2.45, 2.75) is 57.9 Å². The maximum Gasteiger partial charge on any atom is 0.311 e. The Morgan fingerprint density at radius 1 is 1.36 bits per heavy atom. The number of hydrogen-bond acceptors (Lipinski definition) is 3. The topological polar surface area (TPSA) is 72.2 Å². The van der Waals surface area contributed by atoms with Gasteiger partial charge in [-0.1, -0.05) is 43.7 Å². The van der Waals surface area contributed by atoms with E-state index >= 15 is 0 Å². The van der Waals surface area contributed by atoms with Crippen LogP contribution < -0.4 is 0 Å². The fourth-order valence-electron chi connectivity index (χ4n) is 4.44. The second kappa shape index (κ2) is 9.67. The molecule has 0 saturated heterocycles. The molecule has 1 aromatic heterocycles. The molecule has 6 heteroatoms. The van der Waals surface area contributed by atoms with Crippen LogP contribution in [0.2, 0.25) is 0 Å². The highest BCUT2D eigenvalue weighted by Gasteiger charge is 2.36. The minimum Gasteiger partial charge on any atom is -0.481 e. The van der Waals surface area contributed by atoms with Crippen LogP contribution in [0.15, 0.2) is 30.3 Å². The summed E-state index contributed by atoms with van der Waals surface area (Å²) >= 11 is 2.14. The highest BCUT2D eigenvalue weighted by molar-refractivity contribution is 14.1. The summed E-state index contributed by atoms with van der Waals surface area (Å²) in [5.41, 5.74) is 1.54. The van der Waals surface area contributed by atoms with Crippen LogP contribution in [0.4, 0.5) is 0 Å². The quantitative estimate of drug-likeness (QED) is 0.397. The van der Waals surface area contributed by atoms with E-state index in [0.29, 0.717) is 11.6 Å². The van der Waals surface area contributed by atoms with Crippen molar-refractivity contribution in [3.63, 3.8) is 0 Å². The number of nitrogens with zero attached hydrogens (tertiary/aromatic N) is 2. The molecule has 1 N–H and O–H groups in total. The van der Waals surface area contributed by atoms with E-state index in [-0.39, 0.29) is 5.92 Å². The normalized spacial score (nSPS) is 20.2. The molecule has 1 heterocycles. The summed E-state index contributed by atoms with van der Waals surface area (Å²) in [5.74, 6) is 0.283. The van der Waals surface area contributed by atoms with E-state index in [2.05, 4.69) is 39.1 Å². The van der Waals surface area contributed by atoms with Gasteiger partial charge in [-0.05, 0) is 65.7 Å². The molecule has 0 spiro atoms. The van der Waals surface area contributed by atoms with Gasteiger partial charge in [0, 0.05) is 13.0 Å². The number of carbonyl (C=O) groups is 2. The lowest BCUT2D eigenvalue weighted by Gasteiger charge is -2.21. The molecule has 28 heavy (non-hydrogen) atoms. The summed E-state index contributed by atoms with van der Waals surface area (Å²) in [4.78, 5) is 28.2. The molecule has 0 bridgehead atoms. The van der Waals surface area contributed by atoms with E-state index in [1.54, 1.807) is 0 Å². The second-order valence-electron chi connectivity index (χ2n) is 7.70. The average Bonchev–Trinajstić information content (AvgIpc) is 3.25. The van der Waals surface area contributed by atoms with Crippen LogP contribution in [0.5, 0.6) is 0 Å². The number of aromatic nitrogens is 2. The monoisotopic (exact) mass is 494 g/mol. The molecule has 3 unspecified atom stereocenters. The van der Waals surface area contributed by atoms with Crippen LogP contribution >= 0.6 is 22.6 Å². The zero-order valence-electron chi connectivity index (χ0n) is 16.2. The molecule has 150 valence electrons. The highest BCUT2D eigenvalue weighted by Crippen LogP contribution is 2.41. The van der Waals surface area contributed by atoms with Gasteiger partial charge in [-0.15, -0.1) is 0 Å². The molecule has 1 aliphatic rings. The molecule has 1 aliphatic carbocycles. The molecule has 3 atom stereocenters. The molecule has 5 nitrogen and oxygen atoms in total. The summed E-state index contributed by atoms with van der Waals surface area (Å²) in [6.07, 6.45) is 6.67. The third-order valence-corrected chi connectivity index (χ3v) is 6.62. The number of carbonyl (C=O) groups excluding carboxylic acids is 1. The lowest BCUT2D eigenvalue weighted by atomic mass is 9.84. The number of halogens is 1. The summed E-state index contributed by atoms with van der Waals surface area (Å²) in [6.45, 7) is 2.90. The number of rotatable bonds is 9. The molecule has 3 rings (SSSR count). The smallest absolute Gasteiger partial charge is 0.311 e. The third kappa shape index (κ3) is 4.64. The molecule has 1 saturated carbocycles. The Bertz CT molecular complexity index is 819. The van der Waals surface area contributed by atoms with Crippen molar-refractivity contribution in [3.05, 3.63) is 51.1 Å². The second-order valence-corrected chi connectivity index (χ2v) is 8.72. The molecule has 0 aliphatic heterocycles. The maximum atomic E-state index is 12.0. The Morgan fingerprint density at radius 2 is 2.11 bits per heavy atom. The summed E-state index contributed by atoms with van der Waals surface area (Å²) < 4.78 is 2.84. The predicted octanol–water partition coefficient (Wildman–Crippen LogP) is 4.93. The minimum atomic E-state index is -0.744. The molecule has 0 amide bonds. The van der Waals surface area contributed by atoms with Crippen molar-refractivity contribution in [3.8, 4) is 0 Å². The Kier molecular flexibility index (Phi) is 7.26. The SMILES string of the molecule is CCCCc1nc(I)c(C=O)n1CC1CCC(C(C(=O)O)c2ccccc2)C1. The number of carboxylic acids is 1. The van der Waals surface area contributed by atoms with Gasteiger partial charge in [0.25, 0.3) is 0 Å². The molecule has 1 fully saturated rings. The molecular formula is C22H27IN2O3. The number of imidazole rings is 1. The maximum absolute atomic E-state index is 12.0. The van der Waals surface area contributed by atoms with Gasteiger partial charge in [0.2, 0.25) is 0 Å². The van der Waals surface area contributed by atoms with Gasteiger partial charge in [-0.3, -0.25) is 9.59 Å². The first-order chi connectivity index (χ1) is 13.5. The van der Waals surface area contributed by atoms with Crippen LogP contribution in [-0.2, 0) is 17.8 Å². The fraction of sp³-hybridized carbons (Fsp3) is 0.500. The first-order valence-electron chi connectivity index (χ1n) is 10.0. The third-order valence-electron chi connectivity index (χ3n) is 5.83. The summed E-state index contributed by atoms with van der Waals surface area (Å²) in [6, 6.07) is 9.55. The standard InChI is InChI=1S/C22H27IN2O3/c1-2-3-9-19-24-21(23)18(14-26)25(19)13-15-10-11-17(12-15)20(22(27)28)16-7-5-4-6-8-16/h4-8,14-15,17,20H,2-3,9-13H2,1H3,(H,27,28). The van der Waals surface area contributed by atoms with Crippen LogP contribution in [-0.4, -0.2) is 26.9 Å². The van der Waals surface area contributed by atoms with Crippen molar-refractivity contribution in [2.75, 3.05) is 0 Å². The number of benzene rings is 1. The number of unbranched alkanes of at least 4 members (excludes halogenated alkanes) is 1. The van der Waals surface area contributed by atoms with Gasteiger partial charge in [0.1, 0.15) is 15.2 Å². The highest BCUT2D eigenvalue weighted by atomic mass is 127. The zero-order valence-corrected chi connectivity index (χ0v) is 18.3. The summed E-state index contributed by atoms with van der Waals surface area (Å²) in [7, 11) is 0. The molecule has 2 aromatic rings. The van der Waals surface area contributed by atoms with E-state index in [1.165, 1.54) is 0 Å². The van der Waals surface area contributed by atoms with E-state index in [0.717, 1.165) is 66.4 Å². The van der Waals surface area contributed by atoms with Crippen LogP contribution in [0.1, 0.15) is 66.8 Å². The van der Waals surface area contributed by atoms with Gasteiger partial charge >= 0.3 is 5.97 Å². The number of hydrogen-bond donors (Lipinski definition) is 1. The lowest BCUT2D eigenvalue weighted by Crippen LogP contribution is -2.20. The summed E-state index contributed by atoms with van der Waals surface area (Å²) in [5, 5.41) is 9.83. The van der Waals surface area contributed by atoms with E-state index in [1.807, 2.05) is 30.3 Å². The number of aliphatic carboxylic acids is 1. The Labute approximate surface area is 179 Å². The first kappa shape index (κ1) is 21.0. The number of aldehydes is 1. The Hall–Kier alpha value is -1.70. The van der Waals surface area contributed by atoms with Crippen LogP contribution in [0.3, 0.4) is 0 Å². The molecular weight excluding hydrogens is 467 g/mol. The predicted molar refractivity (Wildman–Crippen MR) is 117 cm³/mol. The van der Waals surface area contributed by atoms with Crippen LogP contribution in [0, 0.1) is 15.5 Å². The minimum absolute atomic E-state index is 0.131. The molecule has 0 radical (unpaired) electrons. The molecule has 1 aromatic carbocycles. The van der Waals surface area contributed by atoms with Gasteiger partial charge in [-0.25, -0.2) is 4.98 Å². The largest absolute Gasteiger partial charge is 0.481 e. The van der Waals surface area contributed by atoms with Gasteiger partial charge < -0.3 is 9.67 Å². The van der Waals surface area contributed by atoms with E-state index in [4.69, 9.17) is 0 Å². The van der Waals surface area contributed by atoms with Gasteiger partial charge in [0.15, 0.2) is 6.29 Å². The van der Waals surface area contributed by atoms with Crippen molar-refractivity contribution < 1.29 is 14.7 Å². The average molecular weight is 494 g/mol. The zero-order chi connectivity index (χ0) is 20.1. The first-order valence-corrected chi connectivity index (χ1v) is 11.1. The fourth-order valence-corrected chi connectivity index (χ4v) is 5.14. The van der Waals surface area contributed by atoms with Crippen molar-refractivity contribution in [1.29, 1.82) is 0 Å². The van der Waals surface area contributed by atoms with Crippen molar-refractivity contribution in [2.24, 2.45) is 11.8 Å². The van der Waals surface area contributed by atoms with E-state index < -0.39 is 11.9 Å². The van der Waals surface area contributed by atoms with Gasteiger partial charge in [0.05, 0.1) is 5.92 Å². The van der Waals surface area contributed by atoms with Crippen molar-refractivity contribution >= 4 is 34.8 Å². The lowest BCUT2D eigenvalue weighted by molar-refractivity contribution is -0.140.